The van der Waals surface area contributed by atoms with Gasteiger partial charge in [0.1, 0.15) is 5.75 Å². The van der Waals surface area contributed by atoms with Gasteiger partial charge in [-0.1, -0.05) is 37.3 Å². The maximum atomic E-state index is 12.9. The molecule has 1 aliphatic rings. The van der Waals surface area contributed by atoms with Gasteiger partial charge in [0, 0.05) is 0 Å². The summed E-state index contributed by atoms with van der Waals surface area (Å²) in [5.74, 6) is -0.740. The zero-order chi connectivity index (χ0) is 18.9. The predicted octanol–water partition coefficient (Wildman–Crippen LogP) is 4.71. The molecule has 3 rings (SSSR count). The first-order valence-corrected chi connectivity index (χ1v) is 8.59. The Morgan fingerprint density at radius 3 is 2.69 bits per heavy atom. The van der Waals surface area contributed by atoms with Crippen molar-refractivity contribution in [1.29, 1.82) is 0 Å². The van der Waals surface area contributed by atoms with E-state index in [1.807, 2.05) is 6.07 Å². The van der Waals surface area contributed by atoms with Crippen molar-refractivity contribution in [3.8, 4) is 5.75 Å². The lowest BCUT2D eigenvalue weighted by Crippen LogP contribution is -2.32. The van der Waals surface area contributed by atoms with Crippen LogP contribution in [0.2, 0.25) is 0 Å². The monoisotopic (exact) mass is 363 g/mol. The minimum absolute atomic E-state index is 0.212. The molecule has 1 aliphatic carbocycles. The molecule has 0 aliphatic heterocycles. The number of alkyl halides is 3. The highest BCUT2D eigenvalue weighted by Crippen LogP contribution is 2.37. The van der Waals surface area contributed by atoms with Gasteiger partial charge in [-0.05, 0) is 48.1 Å². The number of carbonyl (C=O) groups is 1. The molecule has 0 heterocycles. The maximum Gasteiger partial charge on any atom is 0.416 e. The lowest BCUT2D eigenvalue weighted by atomic mass is 9.93. The number of rotatable bonds is 4. The van der Waals surface area contributed by atoms with Gasteiger partial charge in [0.2, 0.25) is 5.91 Å². The Hall–Kier alpha value is -2.50. The van der Waals surface area contributed by atoms with Gasteiger partial charge in [0.25, 0.3) is 0 Å². The average Bonchev–Trinajstić information content (AvgIpc) is 2.99. The summed E-state index contributed by atoms with van der Waals surface area (Å²) in [5.41, 5.74) is 1.30. The number of halogens is 3. The highest BCUT2D eigenvalue weighted by Gasteiger charge is 2.32. The van der Waals surface area contributed by atoms with Gasteiger partial charge < -0.3 is 10.4 Å². The summed E-state index contributed by atoms with van der Waals surface area (Å²) in [6, 6.07) is 9.90. The first-order chi connectivity index (χ1) is 12.3. The van der Waals surface area contributed by atoms with Gasteiger partial charge in [-0.2, -0.15) is 13.2 Å². The molecule has 0 saturated carbocycles. The van der Waals surface area contributed by atoms with E-state index in [1.165, 1.54) is 6.07 Å². The highest BCUT2D eigenvalue weighted by atomic mass is 19.4. The molecule has 2 aromatic rings. The van der Waals surface area contributed by atoms with Crippen LogP contribution in [0.4, 0.5) is 13.2 Å². The fraction of sp³-hybridized carbons (Fsp3) is 0.350. The largest absolute Gasteiger partial charge is 0.508 e. The van der Waals surface area contributed by atoms with Crippen molar-refractivity contribution in [2.45, 2.75) is 44.3 Å². The Labute approximate surface area is 149 Å². The number of hydrogen-bond donors (Lipinski definition) is 2. The molecule has 2 aromatic carbocycles. The van der Waals surface area contributed by atoms with Gasteiger partial charge in [-0.15, -0.1) is 0 Å². The van der Waals surface area contributed by atoms with Gasteiger partial charge in [-0.25, -0.2) is 0 Å². The summed E-state index contributed by atoms with van der Waals surface area (Å²) >= 11 is 0. The summed E-state index contributed by atoms with van der Waals surface area (Å²) in [6.07, 6.45) is -2.72. The second-order valence-electron chi connectivity index (χ2n) is 6.53. The standard InChI is InChI=1S/C20H20F3NO2/c1-2-14(12-5-3-6-13(11-12)20(21,22)23)19(26)24-17-10-9-16-15(17)7-4-8-18(16)25/h3-8,11,14,17,25H,2,9-10H2,1H3,(H,24,26). The van der Waals surface area contributed by atoms with E-state index in [0.717, 1.165) is 23.3 Å². The molecule has 0 bridgehead atoms. The molecule has 138 valence electrons. The first kappa shape index (κ1) is 18.3. The van der Waals surface area contributed by atoms with Crippen LogP contribution in [-0.4, -0.2) is 11.0 Å². The van der Waals surface area contributed by atoms with Crippen molar-refractivity contribution in [1.82, 2.24) is 5.32 Å². The molecule has 3 nitrogen and oxygen atoms in total. The van der Waals surface area contributed by atoms with E-state index in [9.17, 15) is 23.1 Å². The van der Waals surface area contributed by atoms with E-state index in [2.05, 4.69) is 5.32 Å². The topological polar surface area (TPSA) is 49.3 Å². The molecule has 1 amide bonds. The number of aromatic hydroxyl groups is 1. The number of amides is 1. The zero-order valence-electron chi connectivity index (χ0n) is 14.3. The Balaban J connectivity index is 1.80. The van der Waals surface area contributed by atoms with E-state index < -0.39 is 17.7 Å². The van der Waals surface area contributed by atoms with Crippen LogP contribution in [0, 0.1) is 0 Å². The number of hydrogen-bond acceptors (Lipinski definition) is 2. The number of phenolic OH excluding ortho intramolecular Hbond substituents is 1. The van der Waals surface area contributed by atoms with Crippen molar-refractivity contribution in [3.05, 3.63) is 64.7 Å². The van der Waals surface area contributed by atoms with Crippen molar-refractivity contribution in [3.63, 3.8) is 0 Å². The normalized spacial score (nSPS) is 17.6. The second kappa shape index (κ2) is 7.02. The van der Waals surface area contributed by atoms with Gasteiger partial charge in [-0.3, -0.25) is 4.79 Å². The quantitative estimate of drug-likeness (QED) is 0.827. The highest BCUT2D eigenvalue weighted by molar-refractivity contribution is 5.84. The Bertz CT molecular complexity index is 817. The Kier molecular flexibility index (Phi) is 4.94. The lowest BCUT2D eigenvalue weighted by Gasteiger charge is -2.21. The van der Waals surface area contributed by atoms with Gasteiger partial charge in [0.15, 0.2) is 0 Å². The molecule has 2 unspecified atom stereocenters. The zero-order valence-corrected chi connectivity index (χ0v) is 14.3. The van der Waals surface area contributed by atoms with Crippen LogP contribution in [0.15, 0.2) is 42.5 Å². The molecule has 0 spiro atoms. The Morgan fingerprint density at radius 1 is 1.27 bits per heavy atom. The van der Waals surface area contributed by atoms with E-state index in [1.54, 1.807) is 25.1 Å². The van der Waals surface area contributed by atoms with Crippen LogP contribution in [0.3, 0.4) is 0 Å². The smallest absolute Gasteiger partial charge is 0.416 e. The van der Waals surface area contributed by atoms with Crippen LogP contribution < -0.4 is 5.32 Å². The van der Waals surface area contributed by atoms with Crippen LogP contribution >= 0.6 is 0 Å². The van der Waals surface area contributed by atoms with E-state index >= 15 is 0 Å². The number of carbonyl (C=O) groups excluding carboxylic acids is 1. The number of benzene rings is 2. The molecular weight excluding hydrogens is 343 g/mol. The third kappa shape index (κ3) is 3.54. The summed E-state index contributed by atoms with van der Waals surface area (Å²) in [5, 5.41) is 12.8. The molecule has 26 heavy (non-hydrogen) atoms. The van der Waals surface area contributed by atoms with Crippen LogP contribution in [0.5, 0.6) is 5.75 Å². The Morgan fingerprint density at radius 2 is 2.00 bits per heavy atom. The summed E-state index contributed by atoms with van der Waals surface area (Å²) < 4.78 is 38.8. The third-order valence-electron chi connectivity index (χ3n) is 4.90. The van der Waals surface area contributed by atoms with Crippen LogP contribution in [0.1, 0.15) is 54.0 Å². The maximum absolute atomic E-state index is 12.9. The van der Waals surface area contributed by atoms with E-state index in [0.29, 0.717) is 24.8 Å². The van der Waals surface area contributed by atoms with Crippen LogP contribution in [-0.2, 0) is 17.4 Å². The predicted molar refractivity (Wildman–Crippen MR) is 91.8 cm³/mol. The van der Waals surface area contributed by atoms with Gasteiger partial charge >= 0.3 is 6.18 Å². The lowest BCUT2D eigenvalue weighted by molar-refractivity contribution is -0.137. The van der Waals surface area contributed by atoms with E-state index in [-0.39, 0.29) is 17.7 Å². The summed E-state index contributed by atoms with van der Waals surface area (Å²) in [7, 11) is 0. The van der Waals surface area contributed by atoms with Crippen molar-refractivity contribution >= 4 is 5.91 Å². The molecule has 0 radical (unpaired) electrons. The fourth-order valence-electron chi connectivity index (χ4n) is 3.56. The first-order valence-electron chi connectivity index (χ1n) is 8.59. The van der Waals surface area contributed by atoms with Gasteiger partial charge in [0.05, 0.1) is 17.5 Å². The van der Waals surface area contributed by atoms with Crippen LogP contribution in [0.25, 0.3) is 0 Å². The molecular formula is C20H20F3NO2. The molecule has 0 fully saturated rings. The summed E-state index contributed by atoms with van der Waals surface area (Å²) in [6.45, 7) is 1.78. The minimum atomic E-state index is -4.44. The SMILES string of the molecule is CCC(C(=O)NC1CCc2c(O)cccc21)c1cccc(C(F)(F)F)c1. The van der Waals surface area contributed by atoms with Crippen molar-refractivity contribution < 1.29 is 23.1 Å². The molecule has 2 N–H and O–H groups in total. The fourth-order valence-corrected chi connectivity index (χ4v) is 3.56. The second-order valence-corrected chi connectivity index (χ2v) is 6.53. The minimum Gasteiger partial charge on any atom is -0.508 e. The summed E-state index contributed by atoms with van der Waals surface area (Å²) in [4.78, 5) is 12.7. The number of phenols is 1. The molecule has 0 aromatic heterocycles. The van der Waals surface area contributed by atoms with Crippen molar-refractivity contribution in [2.75, 3.05) is 0 Å². The molecule has 6 heteroatoms. The molecule has 2 atom stereocenters. The average molecular weight is 363 g/mol. The van der Waals surface area contributed by atoms with Crippen molar-refractivity contribution in [2.24, 2.45) is 0 Å². The molecule has 0 saturated heterocycles. The number of nitrogens with one attached hydrogen (secondary N) is 1. The number of fused-ring (bicyclic) bond motifs is 1. The van der Waals surface area contributed by atoms with E-state index in [4.69, 9.17) is 0 Å². The third-order valence-corrected chi connectivity index (χ3v) is 4.90.